The number of aliphatic hydroxyl groups excluding tert-OH is 1. The molecule has 2 aromatic rings. The zero-order valence-corrected chi connectivity index (χ0v) is 11.7. The second-order valence-electron chi connectivity index (χ2n) is 4.87. The summed E-state index contributed by atoms with van der Waals surface area (Å²) in [7, 11) is 0. The molecule has 0 spiro atoms. The lowest BCUT2D eigenvalue weighted by atomic mass is 10.1. The zero-order valence-electron chi connectivity index (χ0n) is 11.7. The molecule has 1 amide bonds. The molecule has 1 aromatic heterocycles. The molecule has 0 radical (unpaired) electrons. The number of amides is 1. The average Bonchev–Trinajstić information content (AvgIpc) is 2.78. The molecule has 1 atom stereocenters. The Labute approximate surface area is 118 Å². The Balaban J connectivity index is 2.03. The lowest BCUT2D eigenvalue weighted by Gasteiger charge is -2.16. The number of rotatable bonds is 5. The van der Waals surface area contributed by atoms with Crippen LogP contribution in [0.15, 0.2) is 40.8 Å². The Hall–Kier alpha value is -2.07. The van der Waals surface area contributed by atoms with Crippen molar-refractivity contribution in [1.29, 1.82) is 0 Å². The minimum atomic E-state index is -0.306. The van der Waals surface area contributed by atoms with E-state index in [1.807, 2.05) is 30.3 Å². The maximum Gasteiger partial charge on any atom is 0.255 e. The summed E-state index contributed by atoms with van der Waals surface area (Å²) in [6, 6.07) is 11.2. The Morgan fingerprint density at radius 2 is 2.00 bits per heavy atom. The molecule has 4 heteroatoms. The van der Waals surface area contributed by atoms with E-state index >= 15 is 0 Å². The van der Waals surface area contributed by atoms with E-state index in [1.165, 1.54) is 0 Å². The van der Waals surface area contributed by atoms with Gasteiger partial charge in [0.25, 0.3) is 5.91 Å². The van der Waals surface area contributed by atoms with Crippen LogP contribution < -0.4 is 5.32 Å². The molecule has 2 rings (SSSR count). The van der Waals surface area contributed by atoms with Gasteiger partial charge in [-0.1, -0.05) is 30.3 Å². The lowest BCUT2D eigenvalue weighted by molar-refractivity contribution is 0.0915. The fourth-order valence-corrected chi connectivity index (χ4v) is 2.18. The molecule has 0 saturated heterocycles. The molecule has 106 valence electrons. The maximum atomic E-state index is 12.2. The van der Waals surface area contributed by atoms with E-state index in [9.17, 15) is 9.90 Å². The number of hydrogen-bond acceptors (Lipinski definition) is 3. The van der Waals surface area contributed by atoms with Crippen LogP contribution >= 0.6 is 0 Å². The summed E-state index contributed by atoms with van der Waals surface area (Å²) in [4.78, 5) is 12.2. The molecule has 1 unspecified atom stereocenters. The molecule has 4 nitrogen and oxygen atoms in total. The van der Waals surface area contributed by atoms with Crippen LogP contribution in [-0.2, 0) is 6.42 Å². The molecule has 0 aliphatic rings. The van der Waals surface area contributed by atoms with Gasteiger partial charge in [0.2, 0.25) is 0 Å². The molecular formula is C16H19NO3. The number of hydrogen-bond donors (Lipinski definition) is 2. The van der Waals surface area contributed by atoms with E-state index in [0.29, 0.717) is 23.5 Å². The van der Waals surface area contributed by atoms with Gasteiger partial charge < -0.3 is 14.8 Å². The van der Waals surface area contributed by atoms with E-state index < -0.39 is 0 Å². The topological polar surface area (TPSA) is 62.5 Å². The third-order valence-electron chi connectivity index (χ3n) is 3.17. The number of carbonyl (C=O) groups excluding carboxylic acids is 1. The summed E-state index contributed by atoms with van der Waals surface area (Å²) in [5, 5.41) is 12.3. The SMILES string of the molecule is Cc1cc(C(=O)NC(CO)Cc2ccccc2)c(C)o1. The van der Waals surface area contributed by atoms with Gasteiger partial charge in [0.05, 0.1) is 18.2 Å². The minimum absolute atomic E-state index is 0.101. The maximum absolute atomic E-state index is 12.2. The standard InChI is InChI=1S/C16H19NO3/c1-11-8-15(12(2)20-11)16(19)17-14(10-18)9-13-6-4-3-5-7-13/h3-8,14,18H,9-10H2,1-2H3,(H,17,19). The van der Waals surface area contributed by atoms with Gasteiger partial charge in [0, 0.05) is 0 Å². The fourth-order valence-electron chi connectivity index (χ4n) is 2.18. The van der Waals surface area contributed by atoms with Crippen LogP contribution in [0.2, 0.25) is 0 Å². The van der Waals surface area contributed by atoms with E-state index in [0.717, 1.165) is 5.56 Å². The highest BCUT2D eigenvalue weighted by atomic mass is 16.3. The molecule has 0 saturated carbocycles. The monoisotopic (exact) mass is 273 g/mol. The van der Waals surface area contributed by atoms with Gasteiger partial charge in [-0.15, -0.1) is 0 Å². The van der Waals surface area contributed by atoms with Crippen molar-refractivity contribution in [2.45, 2.75) is 26.3 Å². The highest BCUT2D eigenvalue weighted by Crippen LogP contribution is 2.14. The van der Waals surface area contributed by atoms with E-state index in [-0.39, 0.29) is 18.6 Å². The number of benzene rings is 1. The van der Waals surface area contributed by atoms with E-state index in [1.54, 1.807) is 19.9 Å². The van der Waals surface area contributed by atoms with Crippen LogP contribution in [0.3, 0.4) is 0 Å². The summed E-state index contributed by atoms with van der Waals surface area (Å²) in [5.41, 5.74) is 1.60. The number of carbonyl (C=O) groups is 1. The van der Waals surface area contributed by atoms with Crippen LogP contribution in [-0.4, -0.2) is 23.7 Å². The van der Waals surface area contributed by atoms with Crippen molar-refractivity contribution in [2.75, 3.05) is 6.61 Å². The third kappa shape index (κ3) is 3.48. The molecule has 0 aliphatic carbocycles. The van der Waals surface area contributed by atoms with Crippen LogP contribution in [0.1, 0.15) is 27.4 Å². The fraction of sp³-hybridized carbons (Fsp3) is 0.312. The van der Waals surface area contributed by atoms with Crippen LogP contribution in [0.4, 0.5) is 0 Å². The first-order chi connectivity index (χ1) is 9.60. The summed E-state index contributed by atoms with van der Waals surface area (Å²) >= 11 is 0. The number of aryl methyl sites for hydroxylation is 2. The van der Waals surface area contributed by atoms with E-state index in [4.69, 9.17) is 4.42 Å². The number of aliphatic hydroxyl groups is 1. The van der Waals surface area contributed by atoms with Crippen molar-refractivity contribution in [3.05, 3.63) is 59.0 Å². The summed E-state index contributed by atoms with van der Waals surface area (Å²) in [6.45, 7) is 3.46. The smallest absolute Gasteiger partial charge is 0.255 e. The second-order valence-corrected chi connectivity index (χ2v) is 4.87. The van der Waals surface area contributed by atoms with Crippen molar-refractivity contribution < 1.29 is 14.3 Å². The Morgan fingerprint density at radius 3 is 2.55 bits per heavy atom. The van der Waals surface area contributed by atoms with Crippen molar-refractivity contribution in [1.82, 2.24) is 5.32 Å². The first kappa shape index (κ1) is 14.3. The third-order valence-corrected chi connectivity index (χ3v) is 3.17. The largest absolute Gasteiger partial charge is 0.466 e. The Kier molecular flexibility index (Phi) is 4.58. The molecule has 0 bridgehead atoms. The molecule has 1 heterocycles. The molecule has 0 aliphatic heterocycles. The van der Waals surface area contributed by atoms with Gasteiger partial charge in [-0.2, -0.15) is 0 Å². The summed E-state index contributed by atoms with van der Waals surface area (Å²) in [6.07, 6.45) is 0.596. The molecule has 2 N–H and O–H groups in total. The van der Waals surface area contributed by atoms with Crippen LogP contribution in [0, 0.1) is 13.8 Å². The summed E-state index contributed by atoms with van der Waals surface area (Å²) in [5.74, 6) is 1.09. The first-order valence-electron chi connectivity index (χ1n) is 6.63. The van der Waals surface area contributed by atoms with E-state index in [2.05, 4.69) is 5.32 Å². The van der Waals surface area contributed by atoms with Crippen molar-refractivity contribution in [3.8, 4) is 0 Å². The average molecular weight is 273 g/mol. The predicted octanol–water partition coefficient (Wildman–Crippen LogP) is 2.23. The normalized spacial score (nSPS) is 12.2. The number of furan rings is 1. The molecule has 1 aromatic carbocycles. The second kappa shape index (κ2) is 6.39. The van der Waals surface area contributed by atoms with Gasteiger partial charge in [0.15, 0.2) is 0 Å². The minimum Gasteiger partial charge on any atom is -0.466 e. The summed E-state index contributed by atoms with van der Waals surface area (Å²) < 4.78 is 5.35. The van der Waals surface area contributed by atoms with Gasteiger partial charge in [-0.05, 0) is 31.9 Å². The van der Waals surface area contributed by atoms with Crippen molar-refractivity contribution in [2.24, 2.45) is 0 Å². The van der Waals surface area contributed by atoms with Gasteiger partial charge in [0.1, 0.15) is 11.5 Å². The highest BCUT2D eigenvalue weighted by molar-refractivity contribution is 5.95. The quantitative estimate of drug-likeness (QED) is 0.878. The van der Waals surface area contributed by atoms with Crippen LogP contribution in [0.5, 0.6) is 0 Å². The number of nitrogens with one attached hydrogen (secondary N) is 1. The van der Waals surface area contributed by atoms with Crippen molar-refractivity contribution >= 4 is 5.91 Å². The van der Waals surface area contributed by atoms with Gasteiger partial charge >= 0.3 is 0 Å². The Bertz CT molecular complexity index is 575. The predicted molar refractivity (Wildman–Crippen MR) is 76.7 cm³/mol. The van der Waals surface area contributed by atoms with Gasteiger partial charge in [-0.3, -0.25) is 4.79 Å². The lowest BCUT2D eigenvalue weighted by Crippen LogP contribution is -2.39. The molecule has 20 heavy (non-hydrogen) atoms. The van der Waals surface area contributed by atoms with Gasteiger partial charge in [-0.25, -0.2) is 0 Å². The Morgan fingerprint density at radius 1 is 1.30 bits per heavy atom. The van der Waals surface area contributed by atoms with Crippen molar-refractivity contribution in [3.63, 3.8) is 0 Å². The zero-order chi connectivity index (χ0) is 14.5. The molecular weight excluding hydrogens is 254 g/mol. The highest BCUT2D eigenvalue weighted by Gasteiger charge is 2.17. The molecule has 0 fully saturated rings. The first-order valence-corrected chi connectivity index (χ1v) is 6.63. The van der Waals surface area contributed by atoms with Crippen LogP contribution in [0.25, 0.3) is 0 Å².